The van der Waals surface area contributed by atoms with Crippen LogP contribution in [0.2, 0.25) is 0 Å². The molecule has 1 aromatic rings. The largest absolute Gasteiger partial charge is 0.313 e. The molecule has 0 saturated heterocycles. The molecule has 0 radical (unpaired) electrons. The van der Waals surface area contributed by atoms with E-state index in [1.54, 1.807) is 25.2 Å². The lowest BCUT2D eigenvalue weighted by molar-refractivity contribution is 0.316. The van der Waals surface area contributed by atoms with E-state index >= 15 is 0 Å². The van der Waals surface area contributed by atoms with Gasteiger partial charge in [0.1, 0.15) is 0 Å². The second-order valence-corrected chi connectivity index (χ2v) is 7.43. The monoisotopic (exact) mass is 298 g/mol. The summed E-state index contributed by atoms with van der Waals surface area (Å²) in [7, 11) is -1.78. The lowest BCUT2D eigenvalue weighted by Gasteiger charge is -2.27. The van der Waals surface area contributed by atoms with E-state index in [0.29, 0.717) is 11.4 Å². The number of benzene rings is 1. The maximum atomic E-state index is 12.6. The molecule has 0 aliphatic carbocycles. The molecular formula is C15H26N2O2S. The molecule has 1 rings (SSSR count). The Morgan fingerprint density at radius 3 is 2.45 bits per heavy atom. The maximum Gasteiger partial charge on any atom is 0.243 e. The number of sulfonamides is 1. The number of rotatable bonds is 7. The Labute approximate surface area is 123 Å². The Hall–Kier alpha value is -0.910. The van der Waals surface area contributed by atoms with Gasteiger partial charge in [0.05, 0.1) is 4.90 Å². The van der Waals surface area contributed by atoms with E-state index in [4.69, 9.17) is 0 Å². The molecule has 0 heterocycles. The van der Waals surface area contributed by atoms with Crippen molar-refractivity contribution in [1.82, 2.24) is 9.62 Å². The van der Waals surface area contributed by atoms with Crippen molar-refractivity contribution in [2.45, 2.75) is 45.2 Å². The van der Waals surface area contributed by atoms with Gasteiger partial charge in [0, 0.05) is 19.6 Å². The summed E-state index contributed by atoms with van der Waals surface area (Å²) in [6.07, 6.45) is 0. The molecule has 0 aliphatic rings. The van der Waals surface area contributed by atoms with Crippen LogP contribution >= 0.6 is 0 Å². The summed E-state index contributed by atoms with van der Waals surface area (Å²) in [4.78, 5) is 0.364. The zero-order chi connectivity index (χ0) is 15.3. The Morgan fingerprint density at radius 1 is 1.25 bits per heavy atom. The van der Waals surface area contributed by atoms with Gasteiger partial charge in [-0.2, -0.15) is 4.31 Å². The number of nitrogens with zero attached hydrogens (tertiary/aromatic N) is 1. The molecule has 0 aromatic heterocycles. The van der Waals surface area contributed by atoms with Crippen LogP contribution in [0.25, 0.3) is 0 Å². The zero-order valence-electron chi connectivity index (χ0n) is 13.1. The minimum Gasteiger partial charge on any atom is -0.313 e. The fourth-order valence-electron chi connectivity index (χ4n) is 1.89. The summed E-state index contributed by atoms with van der Waals surface area (Å²) < 4.78 is 26.7. The zero-order valence-corrected chi connectivity index (χ0v) is 13.9. The summed E-state index contributed by atoms with van der Waals surface area (Å²) in [5.74, 6) is 0.278. The van der Waals surface area contributed by atoms with E-state index in [1.165, 1.54) is 4.31 Å². The van der Waals surface area contributed by atoms with Gasteiger partial charge in [0.25, 0.3) is 0 Å². The van der Waals surface area contributed by atoms with Crippen LogP contribution < -0.4 is 5.32 Å². The number of hydrogen-bond donors (Lipinski definition) is 1. The molecule has 0 saturated carbocycles. The summed E-state index contributed by atoms with van der Waals surface area (Å²) in [5.41, 5.74) is 0.985. The standard InChI is InChI=1S/C15H26N2O2S/c1-6-16-11-14-8-7-9-15(10-14)20(18,19)17(5)13(4)12(2)3/h7-10,12-13,16H,6,11H2,1-5H3. The van der Waals surface area contributed by atoms with Gasteiger partial charge in [-0.3, -0.25) is 0 Å². The molecule has 1 unspecified atom stereocenters. The number of nitrogens with one attached hydrogen (secondary N) is 1. The average molecular weight is 298 g/mol. The highest BCUT2D eigenvalue weighted by atomic mass is 32.2. The molecule has 0 aliphatic heterocycles. The van der Waals surface area contributed by atoms with Crippen LogP contribution in [0, 0.1) is 5.92 Å². The Bertz CT molecular complexity index is 526. The summed E-state index contributed by atoms with van der Waals surface area (Å²) in [5, 5.41) is 3.21. The molecule has 0 spiro atoms. The van der Waals surface area contributed by atoms with E-state index in [1.807, 2.05) is 33.8 Å². The summed E-state index contributed by atoms with van der Waals surface area (Å²) >= 11 is 0. The fraction of sp³-hybridized carbons (Fsp3) is 0.600. The highest BCUT2D eigenvalue weighted by Gasteiger charge is 2.26. The molecular weight excluding hydrogens is 272 g/mol. The van der Waals surface area contributed by atoms with E-state index < -0.39 is 10.0 Å². The van der Waals surface area contributed by atoms with Crippen LogP contribution in [-0.2, 0) is 16.6 Å². The predicted octanol–water partition coefficient (Wildman–Crippen LogP) is 2.46. The van der Waals surface area contributed by atoms with E-state index in [2.05, 4.69) is 5.32 Å². The van der Waals surface area contributed by atoms with Gasteiger partial charge in [-0.05, 0) is 37.1 Å². The van der Waals surface area contributed by atoms with Gasteiger partial charge < -0.3 is 5.32 Å². The van der Waals surface area contributed by atoms with Crippen molar-refractivity contribution in [3.8, 4) is 0 Å². The quantitative estimate of drug-likeness (QED) is 0.841. The molecule has 0 bridgehead atoms. The minimum atomic E-state index is -3.43. The smallest absolute Gasteiger partial charge is 0.243 e. The topological polar surface area (TPSA) is 49.4 Å². The SMILES string of the molecule is CCNCc1cccc(S(=O)(=O)N(C)C(C)C(C)C)c1. The third-order valence-corrected chi connectivity index (χ3v) is 5.63. The molecule has 0 amide bonds. The molecule has 4 nitrogen and oxygen atoms in total. The van der Waals surface area contributed by atoms with Crippen LogP contribution in [0.15, 0.2) is 29.2 Å². The summed E-state index contributed by atoms with van der Waals surface area (Å²) in [6, 6.07) is 7.12. The van der Waals surface area contributed by atoms with Crippen LogP contribution in [0.3, 0.4) is 0 Å². The molecule has 0 fully saturated rings. The lowest BCUT2D eigenvalue weighted by atomic mass is 10.1. The molecule has 5 heteroatoms. The summed E-state index contributed by atoms with van der Waals surface area (Å²) in [6.45, 7) is 9.56. The third kappa shape index (κ3) is 4.04. The Balaban J connectivity index is 3.03. The highest BCUT2D eigenvalue weighted by Crippen LogP contribution is 2.20. The highest BCUT2D eigenvalue weighted by molar-refractivity contribution is 7.89. The number of hydrogen-bond acceptors (Lipinski definition) is 3. The first-order valence-corrected chi connectivity index (χ1v) is 8.52. The lowest BCUT2D eigenvalue weighted by Crippen LogP contribution is -2.38. The van der Waals surface area contributed by atoms with Crippen molar-refractivity contribution in [3.63, 3.8) is 0 Å². The molecule has 1 aromatic carbocycles. The van der Waals surface area contributed by atoms with Gasteiger partial charge in [-0.15, -0.1) is 0 Å². The van der Waals surface area contributed by atoms with Gasteiger partial charge in [-0.1, -0.05) is 32.9 Å². The first-order chi connectivity index (χ1) is 9.30. The van der Waals surface area contributed by atoms with Gasteiger partial charge in [0.15, 0.2) is 0 Å². The molecule has 20 heavy (non-hydrogen) atoms. The molecule has 1 N–H and O–H groups in total. The minimum absolute atomic E-state index is 0.0302. The van der Waals surface area contributed by atoms with Gasteiger partial charge >= 0.3 is 0 Å². The predicted molar refractivity (Wildman–Crippen MR) is 83.1 cm³/mol. The van der Waals surface area contributed by atoms with Gasteiger partial charge in [0.2, 0.25) is 10.0 Å². The van der Waals surface area contributed by atoms with E-state index in [9.17, 15) is 8.42 Å². The average Bonchev–Trinajstić information content (AvgIpc) is 2.43. The Kier molecular flexibility index (Phi) is 6.17. The van der Waals surface area contributed by atoms with Crippen LogP contribution in [0.1, 0.15) is 33.3 Å². The second-order valence-electron chi connectivity index (χ2n) is 5.43. The van der Waals surface area contributed by atoms with Crippen LogP contribution in [0.4, 0.5) is 0 Å². The molecule has 1 atom stereocenters. The maximum absolute atomic E-state index is 12.6. The fourth-order valence-corrected chi connectivity index (χ4v) is 3.45. The van der Waals surface area contributed by atoms with Crippen molar-refractivity contribution in [1.29, 1.82) is 0 Å². The first-order valence-electron chi connectivity index (χ1n) is 7.08. The van der Waals surface area contributed by atoms with Gasteiger partial charge in [-0.25, -0.2) is 8.42 Å². The van der Waals surface area contributed by atoms with Crippen LogP contribution in [-0.4, -0.2) is 32.4 Å². The van der Waals surface area contributed by atoms with Crippen LogP contribution in [0.5, 0.6) is 0 Å². The molecule has 114 valence electrons. The normalized spacial score (nSPS) is 13.9. The van der Waals surface area contributed by atoms with Crippen molar-refractivity contribution in [3.05, 3.63) is 29.8 Å². The first kappa shape index (κ1) is 17.1. The van der Waals surface area contributed by atoms with E-state index in [-0.39, 0.29) is 12.0 Å². The van der Waals surface area contributed by atoms with Crippen molar-refractivity contribution < 1.29 is 8.42 Å². The Morgan fingerprint density at radius 2 is 1.90 bits per heavy atom. The van der Waals surface area contributed by atoms with Crippen molar-refractivity contribution >= 4 is 10.0 Å². The van der Waals surface area contributed by atoms with Crippen molar-refractivity contribution in [2.75, 3.05) is 13.6 Å². The second kappa shape index (κ2) is 7.20. The third-order valence-electron chi connectivity index (χ3n) is 3.69. The van der Waals surface area contributed by atoms with E-state index in [0.717, 1.165) is 12.1 Å². The van der Waals surface area contributed by atoms with Crippen molar-refractivity contribution in [2.24, 2.45) is 5.92 Å².